The van der Waals surface area contributed by atoms with Crippen molar-refractivity contribution < 1.29 is 24.2 Å². The summed E-state index contributed by atoms with van der Waals surface area (Å²) in [5.74, 6) is 0.278. The number of benzene rings is 1. The van der Waals surface area contributed by atoms with Gasteiger partial charge in [-0.05, 0) is 37.6 Å². The van der Waals surface area contributed by atoms with Crippen molar-refractivity contribution in [3.63, 3.8) is 0 Å². The molecule has 1 amide bonds. The van der Waals surface area contributed by atoms with Crippen molar-refractivity contribution in [3.05, 3.63) is 29.3 Å². The fraction of sp³-hybridized carbons (Fsp3) is 0.375. The number of fused-ring (bicyclic) bond motifs is 1. The summed E-state index contributed by atoms with van der Waals surface area (Å²) < 4.78 is 10.7. The first-order valence-electron chi connectivity index (χ1n) is 7.03. The molecule has 22 heavy (non-hydrogen) atoms. The summed E-state index contributed by atoms with van der Waals surface area (Å²) in [4.78, 5) is 22.7. The van der Waals surface area contributed by atoms with Crippen LogP contribution >= 0.6 is 0 Å². The second-order valence-corrected chi connectivity index (χ2v) is 5.17. The first-order chi connectivity index (χ1) is 10.5. The van der Waals surface area contributed by atoms with Gasteiger partial charge in [0, 0.05) is 18.0 Å². The largest absolute Gasteiger partial charge is 0.497 e. The number of methoxy groups -OCH3 is 1. The molecule has 1 heterocycles. The zero-order valence-electron chi connectivity index (χ0n) is 12.6. The highest BCUT2D eigenvalue weighted by molar-refractivity contribution is 5.99. The Morgan fingerprint density at radius 3 is 2.91 bits per heavy atom. The van der Waals surface area contributed by atoms with E-state index in [1.54, 1.807) is 38.3 Å². The van der Waals surface area contributed by atoms with Crippen molar-refractivity contribution in [2.24, 2.45) is 0 Å². The number of carboxylic acids is 1. The first-order valence-corrected chi connectivity index (χ1v) is 7.03. The van der Waals surface area contributed by atoms with Crippen LogP contribution in [0.3, 0.4) is 0 Å². The van der Waals surface area contributed by atoms with Crippen LogP contribution in [0.15, 0.2) is 23.8 Å². The van der Waals surface area contributed by atoms with E-state index in [0.717, 1.165) is 5.56 Å². The molecular weight excluding hydrogens is 286 g/mol. The summed E-state index contributed by atoms with van der Waals surface area (Å²) in [6, 6.07) is 5.19. The van der Waals surface area contributed by atoms with E-state index in [9.17, 15) is 9.59 Å². The maximum atomic E-state index is 12.2. The summed E-state index contributed by atoms with van der Waals surface area (Å²) in [7, 11) is 1.58. The molecule has 0 fully saturated rings. The van der Waals surface area contributed by atoms with Crippen LogP contribution in [0, 0.1) is 0 Å². The smallest absolute Gasteiger partial charge is 0.303 e. The highest BCUT2D eigenvalue weighted by Gasteiger charge is 2.19. The van der Waals surface area contributed by atoms with Gasteiger partial charge in [0.05, 0.1) is 12.7 Å². The minimum absolute atomic E-state index is 0.0248. The summed E-state index contributed by atoms with van der Waals surface area (Å²) in [6.07, 6.45) is 2.18. The van der Waals surface area contributed by atoms with Crippen molar-refractivity contribution in [1.29, 1.82) is 0 Å². The maximum Gasteiger partial charge on any atom is 0.303 e. The molecule has 2 rings (SSSR count). The van der Waals surface area contributed by atoms with Crippen molar-refractivity contribution >= 4 is 18.0 Å². The first kappa shape index (κ1) is 15.9. The summed E-state index contributed by atoms with van der Waals surface area (Å²) in [6.45, 7) is 1.97. The van der Waals surface area contributed by atoms with Gasteiger partial charge in [-0.3, -0.25) is 9.59 Å². The average Bonchev–Trinajstić information content (AvgIpc) is 2.51. The van der Waals surface area contributed by atoms with Gasteiger partial charge in [-0.2, -0.15) is 0 Å². The predicted molar refractivity (Wildman–Crippen MR) is 80.9 cm³/mol. The number of aliphatic carboxylic acids is 1. The molecule has 2 N–H and O–H groups in total. The molecule has 0 spiro atoms. The number of hydrogen-bond donors (Lipinski definition) is 2. The fourth-order valence-electron chi connectivity index (χ4n) is 2.14. The van der Waals surface area contributed by atoms with E-state index < -0.39 is 5.97 Å². The molecule has 6 heteroatoms. The van der Waals surface area contributed by atoms with Gasteiger partial charge in [-0.25, -0.2) is 0 Å². The fourth-order valence-corrected chi connectivity index (χ4v) is 2.14. The average molecular weight is 305 g/mol. The number of carbonyl (C=O) groups excluding carboxylic acids is 1. The third kappa shape index (κ3) is 4.00. The number of ether oxygens (including phenoxy) is 2. The second kappa shape index (κ2) is 6.98. The lowest BCUT2D eigenvalue weighted by atomic mass is 10.1. The van der Waals surface area contributed by atoms with Crippen molar-refractivity contribution in [2.45, 2.75) is 25.8 Å². The molecule has 0 saturated carbocycles. The molecule has 1 unspecified atom stereocenters. The van der Waals surface area contributed by atoms with Gasteiger partial charge < -0.3 is 19.9 Å². The number of carbonyl (C=O) groups is 2. The lowest BCUT2D eigenvalue weighted by Crippen LogP contribution is -2.35. The minimum atomic E-state index is -0.873. The Labute approximate surface area is 128 Å². The van der Waals surface area contributed by atoms with Gasteiger partial charge in [0.25, 0.3) is 5.91 Å². The molecular formula is C16H19NO5. The number of hydrogen-bond acceptors (Lipinski definition) is 4. The van der Waals surface area contributed by atoms with Crippen LogP contribution in [0.4, 0.5) is 0 Å². The number of amides is 1. The summed E-state index contributed by atoms with van der Waals surface area (Å²) in [5, 5.41) is 11.4. The third-order valence-electron chi connectivity index (χ3n) is 3.39. The van der Waals surface area contributed by atoms with Crippen molar-refractivity contribution in [3.8, 4) is 11.5 Å². The normalized spacial score (nSPS) is 14.2. The van der Waals surface area contributed by atoms with Crippen LogP contribution in [-0.4, -0.2) is 36.7 Å². The molecule has 0 aliphatic carbocycles. The van der Waals surface area contributed by atoms with Crippen LogP contribution in [0.1, 0.15) is 25.3 Å². The summed E-state index contributed by atoms with van der Waals surface area (Å²) in [5.41, 5.74) is 1.29. The number of rotatable bonds is 6. The van der Waals surface area contributed by atoms with E-state index in [4.69, 9.17) is 14.6 Å². The van der Waals surface area contributed by atoms with Gasteiger partial charge in [0.15, 0.2) is 0 Å². The number of nitrogens with one attached hydrogen (secondary N) is 1. The molecule has 1 aromatic rings. The van der Waals surface area contributed by atoms with E-state index in [1.807, 2.05) is 0 Å². The molecule has 0 aromatic heterocycles. The summed E-state index contributed by atoms with van der Waals surface area (Å²) >= 11 is 0. The molecule has 118 valence electrons. The molecule has 1 atom stereocenters. The maximum absolute atomic E-state index is 12.2. The second-order valence-electron chi connectivity index (χ2n) is 5.17. The molecule has 1 aliphatic rings. The van der Waals surface area contributed by atoms with Gasteiger partial charge >= 0.3 is 5.97 Å². The van der Waals surface area contributed by atoms with E-state index in [2.05, 4.69) is 5.32 Å². The van der Waals surface area contributed by atoms with Gasteiger partial charge in [0.1, 0.15) is 18.1 Å². The molecule has 6 nitrogen and oxygen atoms in total. The van der Waals surface area contributed by atoms with Crippen LogP contribution in [0.2, 0.25) is 0 Å². The molecule has 1 aliphatic heterocycles. The standard InChI is InChI=1S/C16H19NO5/c1-10(3-6-15(18)19)17-16(20)12-7-11-8-13(21-2)4-5-14(11)22-9-12/h4-5,7-8,10H,3,6,9H2,1-2H3,(H,17,20)(H,18,19). The van der Waals surface area contributed by atoms with Gasteiger partial charge in [-0.15, -0.1) is 0 Å². The van der Waals surface area contributed by atoms with Crippen molar-refractivity contribution in [2.75, 3.05) is 13.7 Å². The predicted octanol–water partition coefficient (Wildman–Crippen LogP) is 1.84. The van der Waals surface area contributed by atoms with Gasteiger partial charge in [-0.1, -0.05) is 0 Å². The monoisotopic (exact) mass is 305 g/mol. The van der Waals surface area contributed by atoms with E-state index >= 15 is 0 Å². The van der Waals surface area contributed by atoms with E-state index in [-0.39, 0.29) is 25.0 Å². The quantitative estimate of drug-likeness (QED) is 0.837. The zero-order valence-corrected chi connectivity index (χ0v) is 12.6. The topological polar surface area (TPSA) is 84.9 Å². The zero-order chi connectivity index (χ0) is 16.1. The Hall–Kier alpha value is -2.50. The lowest BCUT2D eigenvalue weighted by molar-refractivity contribution is -0.137. The Morgan fingerprint density at radius 1 is 1.45 bits per heavy atom. The van der Waals surface area contributed by atoms with Crippen LogP contribution in [-0.2, 0) is 9.59 Å². The highest BCUT2D eigenvalue weighted by Crippen LogP contribution is 2.29. The lowest BCUT2D eigenvalue weighted by Gasteiger charge is -2.20. The minimum Gasteiger partial charge on any atom is -0.497 e. The SMILES string of the molecule is COc1ccc2c(c1)C=C(C(=O)NC(C)CCC(=O)O)CO2. The third-order valence-corrected chi connectivity index (χ3v) is 3.39. The van der Waals surface area contributed by atoms with Crippen LogP contribution < -0.4 is 14.8 Å². The Bertz CT molecular complexity index is 609. The molecule has 0 bridgehead atoms. The van der Waals surface area contributed by atoms with E-state index in [1.165, 1.54) is 0 Å². The Balaban J connectivity index is 2.04. The molecule has 0 radical (unpaired) electrons. The van der Waals surface area contributed by atoms with E-state index in [0.29, 0.717) is 23.5 Å². The Morgan fingerprint density at radius 2 is 2.23 bits per heavy atom. The molecule has 1 aromatic carbocycles. The van der Waals surface area contributed by atoms with Crippen LogP contribution in [0.5, 0.6) is 11.5 Å². The van der Waals surface area contributed by atoms with Gasteiger partial charge in [0.2, 0.25) is 0 Å². The number of carboxylic acid groups (broad SMARTS) is 1. The highest BCUT2D eigenvalue weighted by atomic mass is 16.5. The van der Waals surface area contributed by atoms with Crippen molar-refractivity contribution in [1.82, 2.24) is 5.32 Å². The Kier molecular flexibility index (Phi) is 5.04. The van der Waals surface area contributed by atoms with Crippen LogP contribution in [0.25, 0.3) is 6.08 Å². The molecule has 0 saturated heterocycles.